The van der Waals surface area contributed by atoms with E-state index >= 15 is 0 Å². The molecule has 0 atom stereocenters. The number of nitrogens with zero attached hydrogens (tertiary/aromatic N) is 3. The SMILES string of the molecule is CC(C)(C)c1cc(NC(=O)Nc2ccc(Cc3ccncc3)c3ccccc23)n(-c2cc[c-]cc2)n1.[CH3-].[Y]. The van der Waals surface area contributed by atoms with E-state index in [2.05, 4.69) is 54.6 Å². The molecule has 3 aromatic carbocycles. The maximum Gasteiger partial charge on any atom is 0.324 e. The van der Waals surface area contributed by atoms with Crippen LogP contribution in [0.5, 0.6) is 0 Å². The molecule has 0 spiro atoms. The first-order valence-corrected chi connectivity index (χ1v) is 11.9. The van der Waals surface area contributed by atoms with Crippen LogP contribution in [0.1, 0.15) is 37.6 Å². The molecular formula is C31H31N5OY-2. The van der Waals surface area contributed by atoms with Crippen molar-refractivity contribution < 1.29 is 37.5 Å². The van der Waals surface area contributed by atoms with Crippen molar-refractivity contribution in [3.05, 3.63) is 122 Å². The summed E-state index contributed by atoms with van der Waals surface area (Å²) in [6, 6.07) is 28.3. The van der Waals surface area contributed by atoms with E-state index in [4.69, 9.17) is 5.10 Å². The molecule has 38 heavy (non-hydrogen) atoms. The summed E-state index contributed by atoms with van der Waals surface area (Å²) in [7, 11) is 0. The number of rotatable bonds is 5. The van der Waals surface area contributed by atoms with Gasteiger partial charge in [0.2, 0.25) is 0 Å². The Hall–Kier alpha value is -3.35. The molecule has 0 bridgehead atoms. The fourth-order valence-electron chi connectivity index (χ4n) is 4.17. The van der Waals surface area contributed by atoms with Gasteiger partial charge in [-0.15, -0.1) is 12.1 Å². The zero-order valence-corrected chi connectivity index (χ0v) is 25.0. The number of urea groups is 1. The Labute approximate surface area is 249 Å². The topological polar surface area (TPSA) is 71.8 Å². The molecule has 6 nitrogen and oxygen atoms in total. The van der Waals surface area contributed by atoms with E-state index in [0.717, 1.165) is 34.3 Å². The van der Waals surface area contributed by atoms with Crippen LogP contribution in [-0.4, -0.2) is 20.8 Å². The summed E-state index contributed by atoms with van der Waals surface area (Å²) < 4.78 is 1.75. The number of carbonyl (C=O) groups excluding carboxylic acids is 1. The summed E-state index contributed by atoms with van der Waals surface area (Å²) in [5.41, 5.74) is 4.70. The van der Waals surface area contributed by atoms with Gasteiger partial charge in [-0.05, 0) is 46.8 Å². The van der Waals surface area contributed by atoms with Crippen molar-refractivity contribution in [1.82, 2.24) is 14.8 Å². The monoisotopic (exact) mass is 578 g/mol. The van der Waals surface area contributed by atoms with E-state index in [0.29, 0.717) is 5.82 Å². The third-order valence-corrected chi connectivity index (χ3v) is 6.07. The number of hydrogen-bond donors (Lipinski definition) is 2. The molecule has 5 aromatic rings. The number of benzene rings is 3. The van der Waals surface area contributed by atoms with E-state index < -0.39 is 0 Å². The van der Waals surface area contributed by atoms with Gasteiger partial charge in [0, 0.05) is 62.0 Å². The van der Waals surface area contributed by atoms with E-state index in [1.165, 1.54) is 11.1 Å². The van der Waals surface area contributed by atoms with Gasteiger partial charge >= 0.3 is 6.03 Å². The van der Waals surface area contributed by atoms with Gasteiger partial charge in [-0.2, -0.15) is 23.3 Å². The maximum atomic E-state index is 13.2. The molecule has 2 heterocycles. The third kappa shape index (κ3) is 6.55. The van der Waals surface area contributed by atoms with Crippen LogP contribution < -0.4 is 10.6 Å². The maximum absolute atomic E-state index is 13.2. The second kappa shape index (κ2) is 12.5. The smallest absolute Gasteiger partial charge is 0.324 e. The molecule has 0 saturated heterocycles. The second-order valence-electron chi connectivity index (χ2n) is 9.76. The van der Waals surface area contributed by atoms with E-state index in [9.17, 15) is 4.79 Å². The van der Waals surface area contributed by atoms with Crippen LogP contribution >= 0.6 is 0 Å². The molecule has 0 aliphatic heterocycles. The Morgan fingerprint density at radius 3 is 2.29 bits per heavy atom. The fraction of sp³-hybridized carbons (Fsp3) is 0.161. The van der Waals surface area contributed by atoms with Crippen LogP contribution in [0.25, 0.3) is 16.5 Å². The quantitative estimate of drug-likeness (QED) is 0.217. The first-order chi connectivity index (χ1) is 17.4. The van der Waals surface area contributed by atoms with Gasteiger partial charge < -0.3 is 12.7 Å². The molecular weight excluding hydrogens is 547 g/mol. The Morgan fingerprint density at radius 2 is 1.61 bits per heavy atom. The summed E-state index contributed by atoms with van der Waals surface area (Å²) in [5.74, 6) is 0.599. The predicted octanol–water partition coefficient (Wildman–Crippen LogP) is 7.20. The van der Waals surface area contributed by atoms with Gasteiger partial charge in [0.1, 0.15) is 5.82 Å². The van der Waals surface area contributed by atoms with Crippen molar-refractivity contribution in [1.29, 1.82) is 0 Å². The van der Waals surface area contributed by atoms with E-state index in [1.807, 2.05) is 66.7 Å². The number of pyridine rings is 1. The number of hydrogen-bond acceptors (Lipinski definition) is 3. The van der Waals surface area contributed by atoms with Crippen molar-refractivity contribution in [2.24, 2.45) is 0 Å². The van der Waals surface area contributed by atoms with Crippen LogP contribution in [0.4, 0.5) is 16.3 Å². The molecule has 2 N–H and O–H groups in total. The Kier molecular flexibility index (Phi) is 9.58. The van der Waals surface area contributed by atoms with Crippen LogP contribution in [0.3, 0.4) is 0 Å². The largest absolute Gasteiger partial charge is 0.358 e. The molecule has 1 radical (unpaired) electrons. The number of amides is 2. The zero-order valence-electron chi connectivity index (χ0n) is 22.2. The van der Waals surface area contributed by atoms with E-state index in [-0.39, 0.29) is 51.6 Å². The molecule has 0 unspecified atom stereocenters. The number of aromatic nitrogens is 3. The minimum absolute atomic E-state index is 0. The molecule has 0 fully saturated rings. The standard InChI is InChI=1S/C30H28N5O.CH3.Y/c1-30(2,3)27-20-28(35(34-27)23-9-5-4-6-10-23)33-29(36)32-26-14-13-22(19-21-15-17-31-18-16-21)24-11-7-8-12-25(24)26;;/h5-18,20H,19H2,1-3H3,(H2,32,33,36);1H3;/q2*-1;. The third-order valence-electron chi connectivity index (χ3n) is 6.07. The van der Waals surface area contributed by atoms with Crippen molar-refractivity contribution in [3.63, 3.8) is 0 Å². The number of anilines is 2. The van der Waals surface area contributed by atoms with E-state index in [1.54, 1.807) is 17.1 Å². The second-order valence-corrected chi connectivity index (χ2v) is 9.76. The first kappa shape index (κ1) is 29.2. The molecule has 0 saturated carbocycles. The van der Waals surface area contributed by atoms with Gasteiger partial charge in [-0.1, -0.05) is 51.1 Å². The average Bonchev–Trinajstić information content (AvgIpc) is 3.31. The minimum Gasteiger partial charge on any atom is -0.358 e. The number of carbonyl (C=O) groups is 1. The van der Waals surface area contributed by atoms with Crippen LogP contribution in [0.2, 0.25) is 0 Å². The molecule has 191 valence electrons. The van der Waals surface area contributed by atoms with Gasteiger partial charge in [0.05, 0.1) is 11.4 Å². The summed E-state index contributed by atoms with van der Waals surface area (Å²) in [6.07, 6.45) is 4.40. The minimum atomic E-state index is -0.328. The Morgan fingerprint density at radius 1 is 0.921 bits per heavy atom. The van der Waals surface area contributed by atoms with Crippen molar-refractivity contribution in [3.8, 4) is 5.69 Å². The predicted molar refractivity (Wildman–Crippen MR) is 151 cm³/mol. The van der Waals surface area contributed by atoms with Crippen LogP contribution in [0.15, 0.2) is 91.3 Å². The Bertz CT molecular complexity index is 1510. The number of nitrogens with one attached hydrogen (secondary N) is 2. The Balaban J connectivity index is 0.00000200. The van der Waals surface area contributed by atoms with Crippen LogP contribution in [-0.2, 0) is 44.5 Å². The van der Waals surface area contributed by atoms with Gasteiger partial charge in [-0.25, -0.2) is 9.48 Å². The molecule has 2 amide bonds. The van der Waals surface area contributed by atoms with Gasteiger partial charge in [-0.3, -0.25) is 10.3 Å². The van der Waals surface area contributed by atoms with Gasteiger partial charge in [0.15, 0.2) is 0 Å². The normalized spacial score (nSPS) is 10.8. The number of fused-ring (bicyclic) bond motifs is 1. The summed E-state index contributed by atoms with van der Waals surface area (Å²) in [4.78, 5) is 17.3. The fourth-order valence-corrected chi connectivity index (χ4v) is 4.17. The first-order valence-electron chi connectivity index (χ1n) is 11.9. The van der Waals surface area contributed by atoms with Crippen molar-refractivity contribution in [2.75, 3.05) is 10.6 Å². The molecule has 5 rings (SSSR count). The average molecular weight is 579 g/mol. The summed E-state index contributed by atoms with van der Waals surface area (Å²) >= 11 is 0. The van der Waals surface area contributed by atoms with Crippen molar-refractivity contribution >= 4 is 28.3 Å². The molecule has 0 aliphatic carbocycles. The molecule has 2 aromatic heterocycles. The molecule has 7 heteroatoms. The zero-order chi connectivity index (χ0) is 25.1. The summed E-state index contributed by atoms with van der Waals surface area (Å²) in [5, 5.41) is 12.9. The van der Waals surface area contributed by atoms with Crippen molar-refractivity contribution in [2.45, 2.75) is 32.6 Å². The summed E-state index contributed by atoms with van der Waals surface area (Å²) in [6.45, 7) is 6.30. The van der Waals surface area contributed by atoms with Gasteiger partial charge in [0.25, 0.3) is 0 Å². The molecule has 0 aliphatic rings. The van der Waals surface area contributed by atoms with Crippen LogP contribution in [0, 0.1) is 13.5 Å².